The SMILES string of the molecule is CCOc1cc(/C=N\NC(=O)c2ccccc2)cc(Br)c1OCc1ccc(Cl)cc1. The summed E-state index contributed by atoms with van der Waals surface area (Å²) in [6.07, 6.45) is 1.55. The van der Waals surface area contributed by atoms with Gasteiger partial charge in [0.1, 0.15) is 6.61 Å². The molecule has 3 rings (SSSR count). The van der Waals surface area contributed by atoms with Gasteiger partial charge in [0.25, 0.3) is 5.91 Å². The zero-order chi connectivity index (χ0) is 21.3. The number of hydrogen-bond donors (Lipinski definition) is 1. The Hall–Kier alpha value is -2.83. The summed E-state index contributed by atoms with van der Waals surface area (Å²) in [6, 6.07) is 20.0. The predicted octanol–water partition coefficient (Wildman–Crippen LogP) is 5.84. The molecule has 0 unspecified atom stereocenters. The first-order valence-corrected chi connectivity index (χ1v) is 10.5. The van der Waals surface area contributed by atoms with Crippen LogP contribution in [0, 0.1) is 0 Å². The van der Waals surface area contributed by atoms with Crippen LogP contribution in [-0.4, -0.2) is 18.7 Å². The maximum atomic E-state index is 12.1. The third-order valence-corrected chi connectivity index (χ3v) is 4.88. The number of amides is 1. The summed E-state index contributed by atoms with van der Waals surface area (Å²) in [5.41, 5.74) is 4.79. The van der Waals surface area contributed by atoms with E-state index in [0.29, 0.717) is 35.3 Å². The van der Waals surface area contributed by atoms with Gasteiger partial charge in [-0.25, -0.2) is 5.43 Å². The molecule has 0 heterocycles. The highest BCUT2D eigenvalue weighted by Gasteiger charge is 2.12. The molecule has 1 amide bonds. The highest BCUT2D eigenvalue weighted by Crippen LogP contribution is 2.37. The lowest BCUT2D eigenvalue weighted by atomic mass is 10.2. The van der Waals surface area contributed by atoms with Crippen molar-refractivity contribution in [1.29, 1.82) is 0 Å². The van der Waals surface area contributed by atoms with Crippen LogP contribution in [-0.2, 0) is 6.61 Å². The molecule has 5 nitrogen and oxygen atoms in total. The van der Waals surface area contributed by atoms with Crippen LogP contribution in [0.25, 0.3) is 0 Å². The average molecular weight is 488 g/mol. The minimum atomic E-state index is -0.279. The number of ether oxygens (including phenoxy) is 2. The van der Waals surface area contributed by atoms with Gasteiger partial charge in [-0.1, -0.05) is 41.9 Å². The number of hydrazone groups is 1. The first-order chi connectivity index (χ1) is 14.6. The number of carbonyl (C=O) groups excluding carboxylic acids is 1. The minimum Gasteiger partial charge on any atom is -0.490 e. The Morgan fingerprint density at radius 1 is 1.10 bits per heavy atom. The zero-order valence-corrected chi connectivity index (χ0v) is 18.6. The van der Waals surface area contributed by atoms with Crippen molar-refractivity contribution in [2.24, 2.45) is 5.10 Å². The molecule has 154 valence electrons. The number of benzene rings is 3. The standard InChI is InChI=1S/C23H20BrClN2O3/c1-2-29-21-13-17(14-26-27-23(28)18-6-4-3-5-7-18)12-20(24)22(21)30-15-16-8-10-19(25)11-9-16/h3-14H,2,15H2,1H3,(H,27,28)/b26-14-. The van der Waals surface area contributed by atoms with Crippen LogP contribution in [0.2, 0.25) is 5.02 Å². The van der Waals surface area contributed by atoms with Crippen molar-refractivity contribution in [3.05, 3.63) is 92.9 Å². The van der Waals surface area contributed by atoms with Crippen molar-refractivity contribution < 1.29 is 14.3 Å². The fourth-order valence-corrected chi connectivity index (χ4v) is 3.32. The minimum absolute atomic E-state index is 0.279. The van der Waals surface area contributed by atoms with E-state index in [4.69, 9.17) is 21.1 Å². The maximum Gasteiger partial charge on any atom is 0.271 e. The number of nitrogens with one attached hydrogen (secondary N) is 1. The molecule has 0 bridgehead atoms. The highest BCUT2D eigenvalue weighted by atomic mass is 79.9. The van der Waals surface area contributed by atoms with Gasteiger partial charge in [0.15, 0.2) is 11.5 Å². The molecular weight excluding hydrogens is 468 g/mol. The molecule has 0 saturated heterocycles. The van der Waals surface area contributed by atoms with E-state index in [0.717, 1.165) is 15.6 Å². The second-order valence-corrected chi connectivity index (χ2v) is 7.53. The smallest absolute Gasteiger partial charge is 0.271 e. The molecule has 3 aromatic carbocycles. The van der Waals surface area contributed by atoms with Crippen molar-refractivity contribution in [1.82, 2.24) is 5.43 Å². The van der Waals surface area contributed by atoms with Gasteiger partial charge in [-0.05, 0) is 70.4 Å². The molecule has 0 saturated carbocycles. The molecular formula is C23H20BrClN2O3. The van der Waals surface area contributed by atoms with Crippen LogP contribution in [0.3, 0.4) is 0 Å². The van der Waals surface area contributed by atoms with Crippen molar-refractivity contribution in [3.8, 4) is 11.5 Å². The molecule has 3 aromatic rings. The monoisotopic (exact) mass is 486 g/mol. The normalized spacial score (nSPS) is 10.8. The van der Waals surface area contributed by atoms with Crippen molar-refractivity contribution in [2.45, 2.75) is 13.5 Å². The highest BCUT2D eigenvalue weighted by molar-refractivity contribution is 9.10. The number of nitrogens with zero attached hydrogens (tertiary/aromatic N) is 1. The van der Waals surface area contributed by atoms with Gasteiger partial charge in [0.2, 0.25) is 0 Å². The number of halogens is 2. The van der Waals surface area contributed by atoms with E-state index in [1.165, 1.54) is 0 Å². The molecule has 0 spiro atoms. The second-order valence-electron chi connectivity index (χ2n) is 6.24. The topological polar surface area (TPSA) is 59.9 Å². The van der Waals surface area contributed by atoms with Gasteiger partial charge in [0.05, 0.1) is 17.3 Å². The Kier molecular flexibility index (Phi) is 7.88. The summed E-state index contributed by atoms with van der Waals surface area (Å²) < 4.78 is 12.4. The van der Waals surface area contributed by atoms with Crippen LogP contribution in [0.15, 0.2) is 76.3 Å². The van der Waals surface area contributed by atoms with E-state index in [-0.39, 0.29) is 5.91 Å². The van der Waals surface area contributed by atoms with E-state index < -0.39 is 0 Å². The van der Waals surface area contributed by atoms with Gasteiger partial charge >= 0.3 is 0 Å². The lowest BCUT2D eigenvalue weighted by molar-refractivity contribution is 0.0955. The van der Waals surface area contributed by atoms with Gasteiger partial charge in [-0.15, -0.1) is 0 Å². The van der Waals surface area contributed by atoms with E-state index in [1.807, 2.05) is 49.4 Å². The van der Waals surface area contributed by atoms with Crippen molar-refractivity contribution in [3.63, 3.8) is 0 Å². The van der Waals surface area contributed by atoms with Crippen molar-refractivity contribution >= 4 is 39.7 Å². The van der Waals surface area contributed by atoms with Crippen LogP contribution >= 0.6 is 27.5 Å². The van der Waals surface area contributed by atoms with E-state index in [9.17, 15) is 4.79 Å². The molecule has 0 aliphatic carbocycles. The average Bonchev–Trinajstić information content (AvgIpc) is 2.75. The molecule has 0 aliphatic heterocycles. The largest absolute Gasteiger partial charge is 0.490 e. The molecule has 30 heavy (non-hydrogen) atoms. The summed E-state index contributed by atoms with van der Waals surface area (Å²) in [4.78, 5) is 12.1. The van der Waals surface area contributed by atoms with Crippen LogP contribution in [0.1, 0.15) is 28.4 Å². The van der Waals surface area contributed by atoms with E-state index >= 15 is 0 Å². The number of hydrogen-bond acceptors (Lipinski definition) is 4. The lowest BCUT2D eigenvalue weighted by Gasteiger charge is -2.14. The zero-order valence-electron chi connectivity index (χ0n) is 16.3. The molecule has 0 aromatic heterocycles. The lowest BCUT2D eigenvalue weighted by Crippen LogP contribution is -2.17. The fourth-order valence-electron chi connectivity index (χ4n) is 2.62. The van der Waals surface area contributed by atoms with Gasteiger partial charge < -0.3 is 9.47 Å². The quantitative estimate of drug-likeness (QED) is 0.320. The van der Waals surface area contributed by atoms with Crippen molar-refractivity contribution in [2.75, 3.05) is 6.61 Å². The van der Waals surface area contributed by atoms with Crippen LogP contribution in [0.4, 0.5) is 0 Å². The molecule has 0 aliphatic rings. The summed E-state index contributed by atoms with van der Waals surface area (Å²) in [5, 5.41) is 4.72. The molecule has 0 fully saturated rings. The summed E-state index contributed by atoms with van der Waals surface area (Å²) in [5.74, 6) is 0.896. The van der Waals surface area contributed by atoms with E-state index in [2.05, 4.69) is 26.5 Å². The van der Waals surface area contributed by atoms with Gasteiger partial charge in [-0.3, -0.25) is 4.79 Å². The molecule has 0 atom stereocenters. The Morgan fingerprint density at radius 3 is 2.53 bits per heavy atom. The molecule has 0 radical (unpaired) electrons. The van der Waals surface area contributed by atoms with E-state index in [1.54, 1.807) is 30.5 Å². The Morgan fingerprint density at radius 2 is 1.83 bits per heavy atom. The first kappa shape index (κ1) is 21.9. The maximum absolute atomic E-state index is 12.1. The third kappa shape index (κ3) is 6.08. The Bertz CT molecular complexity index is 1020. The molecule has 1 N–H and O–H groups in total. The Balaban J connectivity index is 1.71. The fraction of sp³-hybridized carbons (Fsp3) is 0.130. The Labute approximate surface area is 188 Å². The van der Waals surface area contributed by atoms with Crippen LogP contribution < -0.4 is 14.9 Å². The summed E-state index contributed by atoms with van der Waals surface area (Å²) in [7, 11) is 0. The van der Waals surface area contributed by atoms with Gasteiger partial charge in [0, 0.05) is 10.6 Å². The molecule has 7 heteroatoms. The summed E-state index contributed by atoms with van der Waals surface area (Å²) in [6.45, 7) is 2.75. The van der Waals surface area contributed by atoms with Crippen LogP contribution in [0.5, 0.6) is 11.5 Å². The number of carbonyl (C=O) groups is 1. The number of rotatable bonds is 8. The third-order valence-electron chi connectivity index (χ3n) is 4.04. The van der Waals surface area contributed by atoms with Gasteiger partial charge in [-0.2, -0.15) is 5.10 Å². The first-order valence-electron chi connectivity index (χ1n) is 9.29. The second kappa shape index (κ2) is 10.8. The predicted molar refractivity (Wildman–Crippen MR) is 123 cm³/mol. The summed E-state index contributed by atoms with van der Waals surface area (Å²) >= 11 is 9.46.